The van der Waals surface area contributed by atoms with Crippen molar-refractivity contribution in [2.75, 3.05) is 40.5 Å². The van der Waals surface area contributed by atoms with E-state index in [1.54, 1.807) is 47.4 Å². The lowest BCUT2D eigenvalue weighted by molar-refractivity contribution is -0.135. The minimum Gasteiger partial charge on any atom is -0.504 e. The van der Waals surface area contributed by atoms with Gasteiger partial charge in [-0.05, 0) is 6.07 Å². The molecule has 4 aromatic rings. The van der Waals surface area contributed by atoms with Crippen molar-refractivity contribution in [3.63, 3.8) is 0 Å². The van der Waals surface area contributed by atoms with Crippen LogP contribution in [0.5, 0.6) is 28.7 Å². The van der Waals surface area contributed by atoms with E-state index in [1.165, 1.54) is 20.3 Å². The average molecular weight is 548 g/mol. The van der Waals surface area contributed by atoms with Gasteiger partial charge in [0.15, 0.2) is 16.9 Å². The van der Waals surface area contributed by atoms with Gasteiger partial charge in [0, 0.05) is 54.3 Å². The van der Waals surface area contributed by atoms with Gasteiger partial charge in [0.25, 0.3) is 0 Å². The highest BCUT2D eigenvalue weighted by molar-refractivity contribution is 5.94. The number of phenols is 3. The predicted molar refractivity (Wildman–Crippen MR) is 146 cm³/mol. The van der Waals surface area contributed by atoms with Gasteiger partial charge in [0.05, 0.1) is 27.4 Å². The molecule has 0 bridgehead atoms. The average Bonchev–Trinajstić information content (AvgIpc) is 2.99. The molecule has 0 radical (unpaired) electrons. The number of methoxy groups -OCH3 is 2. The number of carbonyl (C=O) groups excluding carboxylic acids is 1. The summed E-state index contributed by atoms with van der Waals surface area (Å²) in [6.07, 6.45) is -0.172. The van der Waals surface area contributed by atoms with Gasteiger partial charge < -0.3 is 38.8 Å². The topological polar surface area (TPSA) is 139 Å². The second-order valence-corrected chi connectivity index (χ2v) is 9.36. The fourth-order valence-electron chi connectivity index (χ4n) is 5.03. The zero-order valence-corrected chi connectivity index (χ0v) is 22.0. The number of hydrogen-bond donors (Lipinski definition) is 3. The van der Waals surface area contributed by atoms with Gasteiger partial charge in [0.2, 0.25) is 11.7 Å². The highest BCUT2D eigenvalue weighted by atomic mass is 16.5. The molecule has 10 heteroatoms. The molecule has 5 rings (SSSR count). The van der Waals surface area contributed by atoms with Gasteiger partial charge in [-0.3, -0.25) is 9.59 Å². The molecule has 40 heavy (non-hydrogen) atoms. The smallest absolute Gasteiger partial charge is 0.223 e. The Morgan fingerprint density at radius 2 is 1.68 bits per heavy atom. The monoisotopic (exact) mass is 547 g/mol. The van der Waals surface area contributed by atoms with Crippen molar-refractivity contribution < 1.29 is 38.7 Å². The third-order valence-electron chi connectivity index (χ3n) is 7.10. The number of carbonyl (C=O) groups is 1. The van der Waals surface area contributed by atoms with E-state index in [1.807, 2.05) is 6.07 Å². The van der Waals surface area contributed by atoms with Crippen LogP contribution >= 0.6 is 0 Å². The highest BCUT2D eigenvalue weighted by Gasteiger charge is 2.34. The molecule has 0 saturated carbocycles. The van der Waals surface area contributed by atoms with Crippen LogP contribution in [0.1, 0.15) is 23.5 Å². The van der Waals surface area contributed by atoms with Gasteiger partial charge in [-0.15, -0.1) is 0 Å². The maximum absolute atomic E-state index is 13.6. The Balaban J connectivity index is 1.79. The highest BCUT2D eigenvalue weighted by Crippen LogP contribution is 2.50. The van der Waals surface area contributed by atoms with Crippen LogP contribution in [0, 0.1) is 0 Å². The van der Waals surface area contributed by atoms with Crippen LogP contribution in [0.25, 0.3) is 22.3 Å². The predicted octanol–water partition coefficient (Wildman–Crippen LogP) is 3.97. The van der Waals surface area contributed by atoms with E-state index in [9.17, 15) is 24.9 Å². The minimum atomic E-state index is -0.959. The van der Waals surface area contributed by atoms with E-state index in [0.29, 0.717) is 48.9 Å². The van der Waals surface area contributed by atoms with Gasteiger partial charge in [-0.1, -0.05) is 36.4 Å². The summed E-state index contributed by atoms with van der Waals surface area (Å²) < 4.78 is 22.5. The molecule has 1 aliphatic rings. The molecule has 2 heterocycles. The standard InChI is InChI=1S/C30H29NO9/c1-37-18-8-9-19(23(14-18)38-2)20(15-24(33)31-10-12-39-13-11-31)25-27(34)29(36)28(35)26-21(32)16-22(40-30(25)26)17-6-4-3-5-7-17/h3-9,14,16,20,34-36H,10-13,15H2,1-2H3/t20-/m1/s1. The Morgan fingerprint density at radius 1 is 0.950 bits per heavy atom. The molecule has 0 spiro atoms. The Kier molecular flexibility index (Phi) is 7.52. The van der Waals surface area contributed by atoms with E-state index in [4.69, 9.17) is 18.6 Å². The van der Waals surface area contributed by atoms with E-state index in [-0.39, 0.29) is 34.6 Å². The Morgan fingerprint density at radius 3 is 2.35 bits per heavy atom. The van der Waals surface area contributed by atoms with Crippen molar-refractivity contribution in [3.05, 3.63) is 75.9 Å². The van der Waals surface area contributed by atoms with Gasteiger partial charge in [-0.25, -0.2) is 0 Å². The number of benzene rings is 3. The maximum Gasteiger partial charge on any atom is 0.223 e. The molecule has 0 unspecified atom stereocenters. The van der Waals surface area contributed by atoms with Crippen LogP contribution in [-0.2, 0) is 9.53 Å². The number of rotatable bonds is 7. The van der Waals surface area contributed by atoms with Crippen LogP contribution in [-0.4, -0.2) is 66.6 Å². The third-order valence-corrected chi connectivity index (χ3v) is 7.10. The fraction of sp³-hybridized carbons (Fsp3) is 0.267. The minimum absolute atomic E-state index is 0.0368. The molecule has 1 atom stereocenters. The lowest BCUT2D eigenvalue weighted by Gasteiger charge is -2.29. The first-order valence-electron chi connectivity index (χ1n) is 12.7. The van der Waals surface area contributed by atoms with E-state index in [2.05, 4.69) is 0 Å². The second-order valence-electron chi connectivity index (χ2n) is 9.36. The van der Waals surface area contributed by atoms with E-state index >= 15 is 0 Å². The van der Waals surface area contributed by atoms with Gasteiger partial charge in [0.1, 0.15) is 28.2 Å². The quantitative estimate of drug-likeness (QED) is 0.293. The first-order valence-corrected chi connectivity index (χ1v) is 12.7. The summed E-state index contributed by atoms with van der Waals surface area (Å²) >= 11 is 0. The number of ether oxygens (including phenoxy) is 3. The Labute approximate surface area is 229 Å². The number of hydrogen-bond acceptors (Lipinski definition) is 9. The first kappa shape index (κ1) is 26.9. The normalized spacial score (nSPS) is 14.2. The van der Waals surface area contributed by atoms with Crippen LogP contribution in [0.3, 0.4) is 0 Å². The van der Waals surface area contributed by atoms with Crippen LogP contribution in [0.2, 0.25) is 0 Å². The third kappa shape index (κ3) is 4.89. The Bertz CT molecular complexity index is 1610. The Hall–Kier alpha value is -4.70. The SMILES string of the molecule is COc1ccc([C@@H](CC(=O)N2CCOCC2)c2c(O)c(O)c(O)c3c(=O)cc(-c4ccccc4)oc23)c(OC)c1. The van der Waals surface area contributed by atoms with E-state index in [0.717, 1.165) is 0 Å². The summed E-state index contributed by atoms with van der Waals surface area (Å²) in [5.41, 5.74) is 0.234. The van der Waals surface area contributed by atoms with Crippen molar-refractivity contribution in [1.29, 1.82) is 0 Å². The van der Waals surface area contributed by atoms with Crippen LogP contribution < -0.4 is 14.9 Å². The second kappa shape index (κ2) is 11.2. The van der Waals surface area contributed by atoms with Gasteiger partial charge >= 0.3 is 0 Å². The van der Waals surface area contributed by atoms with Crippen molar-refractivity contribution in [3.8, 4) is 40.1 Å². The maximum atomic E-state index is 13.6. The summed E-state index contributed by atoms with van der Waals surface area (Å²) in [5.74, 6) is -2.59. The molecular weight excluding hydrogens is 518 g/mol. The molecule has 3 N–H and O–H groups in total. The van der Waals surface area contributed by atoms with Gasteiger partial charge in [-0.2, -0.15) is 0 Å². The molecule has 1 saturated heterocycles. The molecule has 208 valence electrons. The zero-order valence-electron chi connectivity index (χ0n) is 22.0. The molecule has 0 aliphatic carbocycles. The number of nitrogens with zero attached hydrogens (tertiary/aromatic N) is 1. The number of fused-ring (bicyclic) bond motifs is 1. The van der Waals surface area contributed by atoms with Crippen molar-refractivity contribution in [2.45, 2.75) is 12.3 Å². The van der Waals surface area contributed by atoms with E-state index < -0.39 is 28.6 Å². The lowest BCUT2D eigenvalue weighted by Crippen LogP contribution is -2.41. The van der Waals surface area contributed by atoms with Crippen LogP contribution in [0.4, 0.5) is 0 Å². The molecule has 10 nitrogen and oxygen atoms in total. The number of amides is 1. The molecule has 3 aromatic carbocycles. The largest absolute Gasteiger partial charge is 0.504 e. The fourth-order valence-corrected chi connectivity index (χ4v) is 5.03. The number of aromatic hydroxyl groups is 3. The summed E-state index contributed by atoms with van der Waals surface area (Å²) in [5, 5.41) is 32.4. The first-order chi connectivity index (χ1) is 19.3. The zero-order chi connectivity index (χ0) is 28.4. The molecule has 1 fully saturated rings. The number of phenolic OH excluding ortho intramolecular Hbond substituents is 3. The summed E-state index contributed by atoms with van der Waals surface area (Å²) in [7, 11) is 2.96. The molecule has 1 aliphatic heterocycles. The number of morpholine rings is 1. The van der Waals surface area contributed by atoms with Crippen LogP contribution in [0.15, 0.2) is 63.8 Å². The molecular formula is C30H29NO9. The van der Waals surface area contributed by atoms with Crippen molar-refractivity contribution >= 4 is 16.9 Å². The molecule has 1 aromatic heterocycles. The summed E-state index contributed by atoms with van der Waals surface area (Å²) in [6, 6.07) is 15.1. The van der Waals surface area contributed by atoms with Crippen molar-refractivity contribution in [2.24, 2.45) is 0 Å². The summed E-state index contributed by atoms with van der Waals surface area (Å²) in [6.45, 7) is 1.58. The van der Waals surface area contributed by atoms with Crippen molar-refractivity contribution in [1.82, 2.24) is 4.90 Å². The summed E-state index contributed by atoms with van der Waals surface area (Å²) in [4.78, 5) is 28.5. The molecule has 1 amide bonds. The lowest BCUT2D eigenvalue weighted by atomic mass is 9.85.